The van der Waals surface area contributed by atoms with E-state index >= 15 is 0 Å². The van der Waals surface area contributed by atoms with Crippen LogP contribution in [0.3, 0.4) is 0 Å². The van der Waals surface area contributed by atoms with E-state index in [9.17, 15) is 9.18 Å². The summed E-state index contributed by atoms with van der Waals surface area (Å²) in [5, 5.41) is 9.93. The second kappa shape index (κ2) is 6.20. The van der Waals surface area contributed by atoms with Crippen molar-refractivity contribution >= 4 is 27.7 Å². The number of halogens is 2. The first-order valence-electron chi connectivity index (χ1n) is 5.54. The van der Waals surface area contributed by atoms with Crippen molar-refractivity contribution in [2.45, 2.75) is 10.5 Å². The highest BCUT2D eigenvalue weighted by molar-refractivity contribution is 9.08. The number of hydrogen-bond donors (Lipinski definition) is 1. The van der Waals surface area contributed by atoms with E-state index in [0.29, 0.717) is 10.5 Å². The van der Waals surface area contributed by atoms with Crippen molar-refractivity contribution in [1.29, 1.82) is 5.26 Å². The van der Waals surface area contributed by atoms with Crippen LogP contribution in [0.25, 0.3) is 11.3 Å². The van der Waals surface area contributed by atoms with Crippen molar-refractivity contribution in [2.75, 3.05) is 6.26 Å². The van der Waals surface area contributed by atoms with Gasteiger partial charge in [-0.05, 0) is 24.0 Å². The number of nitriles is 1. The van der Waals surface area contributed by atoms with Gasteiger partial charge < -0.3 is 4.98 Å². The van der Waals surface area contributed by atoms with Gasteiger partial charge in [0.2, 0.25) is 0 Å². The van der Waals surface area contributed by atoms with E-state index in [0.717, 1.165) is 5.56 Å². The Morgan fingerprint density at radius 2 is 2.30 bits per heavy atom. The molecule has 1 aromatic carbocycles. The standard InChI is InChI=1S/C13H9BrFN3OS/c1-20-13-17-11(9(6-16)12(19)18-13)8-3-2-7(5-14)4-10(8)15/h2-4H,5H2,1H3,(H,17,18,19). The summed E-state index contributed by atoms with van der Waals surface area (Å²) in [5.41, 5.74) is 0.227. The summed E-state index contributed by atoms with van der Waals surface area (Å²) in [6.45, 7) is 0. The fraction of sp³-hybridized carbons (Fsp3) is 0.154. The molecule has 0 fully saturated rings. The predicted octanol–water partition coefficient (Wildman–Crippen LogP) is 3.06. The van der Waals surface area contributed by atoms with Crippen molar-refractivity contribution in [3.8, 4) is 17.3 Å². The largest absolute Gasteiger partial charge is 0.300 e. The normalized spacial score (nSPS) is 10.3. The Hall–Kier alpha value is -1.65. The minimum absolute atomic E-state index is 0.0687. The molecular weight excluding hydrogens is 345 g/mol. The first-order chi connectivity index (χ1) is 9.60. The second-order valence-electron chi connectivity index (χ2n) is 3.86. The fourth-order valence-electron chi connectivity index (χ4n) is 1.68. The molecule has 0 saturated heterocycles. The van der Waals surface area contributed by atoms with Crippen LogP contribution in [0.5, 0.6) is 0 Å². The van der Waals surface area contributed by atoms with Gasteiger partial charge in [-0.25, -0.2) is 9.37 Å². The van der Waals surface area contributed by atoms with Crippen molar-refractivity contribution < 1.29 is 4.39 Å². The third kappa shape index (κ3) is 2.76. The van der Waals surface area contributed by atoms with Crippen molar-refractivity contribution in [3.05, 3.63) is 45.5 Å². The number of H-pyrrole nitrogens is 1. The Morgan fingerprint density at radius 1 is 1.55 bits per heavy atom. The van der Waals surface area contributed by atoms with Crippen LogP contribution in [0.15, 0.2) is 28.2 Å². The summed E-state index contributed by atoms with van der Waals surface area (Å²) in [6.07, 6.45) is 1.73. The van der Waals surface area contributed by atoms with E-state index in [1.807, 2.05) is 0 Å². The molecule has 0 bridgehead atoms. The molecule has 0 spiro atoms. The lowest BCUT2D eigenvalue weighted by Gasteiger charge is -2.07. The van der Waals surface area contributed by atoms with Gasteiger partial charge in [0.25, 0.3) is 5.56 Å². The van der Waals surface area contributed by atoms with Gasteiger partial charge >= 0.3 is 0 Å². The second-order valence-corrected chi connectivity index (χ2v) is 5.21. The molecule has 102 valence electrons. The smallest absolute Gasteiger partial charge is 0.270 e. The topological polar surface area (TPSA) is 69.5 Å². The van der Waals surface area contributed by atoms with Crippen LogP contribution >= 0.6 is 27.7 Å². The Balaban J connectivity index is 2.72. The maximum Gasteiger partial charge on any atom is 0.270 e. The molecule has 1 aromatic heterocycles. The average Bonchev–Trinajstić information content (AvgIpc) is 2.46. The molecular formula is C13H9BrFN3OS. The summed E-state index contributed by atoms with van der Waals surface area (Å²) in [7, 11) is 0. The van der Waals surface area contributed by atoms with E-state index in [4.69, 9.17) is 5.26 Å². The Labute approximate surface area is 127 Å². The number of nitrogens with zero attached hydrogens (tertiary/aromatic N) is 2. The zero-order valence-corrected chi connectivity index (χ0v) is 12.8. The Kier molecular flexibility index (Phi) is 4.57. The summed E-state index contributed by atoms with van der Waals surface area (Å²) in [6, 6.07) is 6.38. The van der Waals surface area contributed by atoms with Gasteiger partial charge in [-0.15, -0.1) is 0 Å². The van der Waals surface area contributed by atoms with Crippen LogP contribution in [0.1, 0.15) is 11.1 Å². The molecule has 1 heterocycles. The Morgan fingerprint density at radius 3 is 2.85 bits per heavy atom. The van der Waals surface area contributed by atoms with Gasteiger partial charge in [-0.1, -0.05) is 33.8 Å². The molecule has 0 aliphatic carbocycles. The molecule has 0 saturated carbocycles. The number of thioether (sulfide) groups is 1. The van der Waals surface area contributed by atoms with E-state index in [1.165, 1.54) is 23.9 Å². The van der Waals surface area contributed by atoms with Gasteiger partial charge in [-0.2, -0.15) is 5.26 Å². The van der Waals surface area contributed by atoms with E-state index in [-0.39, 0.29) is 16.8 Å². The number of aromatic nitrogens is 2. The quantitative estimate of drug-likeness (QED) is 0.523. The molecule has 0 atom stereocenters. The zero-order chi connectivity index (χ0) is 14.7. The molecule has 0 unspecified atom stereocenters. The SMILES string of the molecule is CSc1nc(-c2ccc(CBr)cc2F)c(C#N)c(=O)[nH]1. The highest BCUT2D eigenvalue weighted by Gasteiger charge is 2.16. The molecule has 7 heteroatoms. The zero-order valence-electron chi connectivity index (χ0n) is 10.4. The van der Waals surface area contributed by atoms with Crippen LogP contribution in [-0.4, -0.2) is 16.2 Å². The van der Waals surface area contributed by atoms with Crippen molar-refractivity contribution in [3.63, 3.8) is 0 Å². The van der Waals surface area contributed by atoms with E-state index < -0.39 is 11.4 Å². The lowest BCUT2D eigenvalue weighted by Crippen LogP contribution is -2.15. The first-order valence-corrected chi connectivity index (χ1v) is 7.88. The van der Waals surface area contributed by atoms with Crippen LogP contribution < -0.4 is 5.56 Å². The first kappa shape index (κ1) is 14.8. The number of rotatable bonds is 3. The molecule has 0 aliphatic rings. The van der Waals surface area contributed by atoms with E-state index in [1.54, 1.807) is 18.4 Å². The Bertz CT molecular complexity index is 754. The number of benzene rings is 1. The summed E-state index contributed by atoms with van der Waals surface area (Å²) >= 11 is 4.46. The maximum atomic E-state index is 14.1. The summed E-state index contributed by atoms with van der Waals surface area (Å²) in [4.78, 5) is 18.4. The third-order valence-corrected chi connectivity index (χ3v) is 3.87. The van der Waals surface area contributed by atoms with Crippen molar-refractivity contribution in [1.82, 2.24) is 9.97 Å². The fourth-order valence-corrected chi connectivity index (χ4v) is 2.41. The maximum absolute atomic E-state index is 14.1. The van der Waals surface area contributed by atoms with Crippen molar-refractivity contribution in [2.24, 2.45) is 0 Å². The lowest BCUT2D eigenvalue weighted by atomic mass is 10.1. The third-order valence-electron chi connectivity index (χ3n) is 2.65. The minimum Gasteiger partial charge on any atom is -0.300 e. The highest BCUT2D eigenvalue weighted by Crippen LogP contribution is 2.25. The molecule has 1 N–H and O–H groups in total. The summed E-state index contributed by atoms with van der Waals surface area (Å²) < 4.78 is 14.1. The van der Waals surface area contributed by atoms with Crippen LogP contribution in [0, 0.1) is 17.1 Å². The van der Waals surface area contributed by atoms with Gasteiger partial charge in [0.15, 0.2) is 5.16 Å². The number of alkyl halides is 1. The average molecular weight is 354 g/mol. The molecule has 0 radical (unpaired) electrons. The van der Waals surface area contributed by atoms with Gasteiger partial charge in [-0.3, -0.25) is 4.79 Å². The number of aromatic amines is 1. The van der Waals surface area contributed by atoms with Gasteiger partial charge in [0.05, 0.1) is 5.69 Å². The highest BCUT2D eigenvalue weighted by atomic mass is 79.9. The minimum atomic E-state index is -0.564. The molecule has 4 nitrogen and oxygen atoms in total. The molecule has 20 heavy (non-hydrogen) atoms. The number of nitrogens with one attached hydrogen (secondary N) is 1. The molecule has 0 amide bonds. The van der Waals surface area contributed by atoms with Gasteiger partial charge in [0.1, 0.15) is 17.4 Å². The lowest BCUT2D eigenvalue weighted by molar-refractivity contribution is 0.629. The van der Waals surface area contributed by atoms with Crippen LogP contribution in [-0.2, 0) is 5.33 Å². The summed E-state index contributed by atoms with van der Waals surface area (Å²) in [5.74, 6) is -0.511. The molecule has 2 aromatic rings. The monoisotopic (exact) mass is 353 g/mol. The molecule has 2 rings (SSSR count). The number of hydrogen-bond acceptors (Lipinski definition) is 4. The van der Waals surface area contributed by atoms with Gasteiger partial charge in [0, 0.05) is 10.9 Å². The van der Waals surface area contributed by atoms with Crippen LogP contribution in [0.2, 0.25) is 0 Å². The van der Waals surface area contributed by atoms with Crippen LogP contribution in [0.4, 0.5) is 4.39 Å². The van der Waals surface area contributed by atoms with E-state index in [2.05, 4.69) is 25.9 Å². The predicted molar refractivity (Wildman–Crippen MR) is 79.4 cm³/mol. The molecule has 0 aliphatic heterocycles.